The van der Waals surface area contributed by atoms with Gasteiger partial charge >= 0.3 is 5.69 Å². The average molecular weight is 387 g/mol. The molecule has 0 bridgehead atoms. The molecule has 7 heteroatoms. The Morgan fingerprint density at radius 3 is 2.55 bits per heavy atom. The van der Waals surface area contributed by atoms with Crippen molar-refractivity contribution in [1.82, 2.24) is 14.5 Å². The van der Waals surface area contributed by atoms with Gasteiger partial charge in [0.25, 0.3) is 5.56 Å². The minimum atomic E-state index is -0.926. The number of rotatable bonds is 5. The van der Waals surface area contributed by atoms with Gasteiger partial charge in [0, 0.05) is 17.1 Å². The van der Waals surface area contributed by atoms with E-state index in [0.717, 1.165) is 26.6 Å². The molecule has 4 rings (SSSR count). The third kappa shape index (κ3) is 3.53. The number of aromatic nitrogens is 3. The van der Waals surface area contributed by atoms with E-state index in [4.69, 9.17) is 0 Å². The Balaban J connectivity index is 1.70. The van der Waals surface area contributed by atoms with Crippen molar-refractivity contribution in [2.75, 3.05) is 0 Å². The molecule has 144 valence electrons. The third-order valence-corrected chi connectivity index (χ3v) is 4.64. The third-order valence-electron chi connectivity index (χ3n) is 4.64. The summed E-state index contributed by atoms with van der Waals surface area (Å²) in [5, 5.41) is 11.4. The first-order chi connectivity index (χ1) is 14.0. The Kier molecular flexibility index (Phi) is 4.70. The van der Waals surface area contributed by atoms with Crippen molar-refractivity contribution in [3.05, 3.63) is 104 Å². The first-order valence-corrected chi connectivity index (χ1v) is 8.93. The van der Waals surface area contributed by atoms with Crippen LogP contribution >= 0.6 is 0 Å². The van der Waals surface area contributed by atoms with Crippen LogP contribution in [0.1, 0.15) is 21.5 Å². The number of nitrogens with one attached hydrogen (secondary N) is 2. The Hall–Kier alpha value is -4.13. The number of hydrogen-bond acceptors (Lipinski definition) is 4. The molecule has 3 N–H and O–H groups in total. The predicted octanol–water partition coefficient (Wildman–Crippen LogP) is 2.67. The van der Waals surface area contributed by atoms with Gasteiger partial charge in [-0.1, -0.05) is 48.5 Å². The minimum Gasteiger partial charge on any atom is -0.494 e. The van der Waals surface area contributed by atoms with Gasteiger partial charge in [-0.05, 0) is 29.3 Å². The second-order valence-corrected chi connectivity index (χ2v) is 6.52. The van der Waals surface area contributed by atoms with Gasteiger partial charge in [0.05, 0.1) is 6.54 Å². The number of ketones is 1. The van der Waals surface area contributed by atoms with Crippen LogP contribution in [0, 0.1) is 0 Å². The van der Waals surface area contributed by atoms with Crippen LogP contribution in [0.15, 0.2) is 76.5 Å². The standard InChI is InChI=1S/C22H17N3O4/c26-18(11-10-15-12-23-17-9-5-4-8-16(15)17)19-20(27)24-22(29)25(21(19)28)13-14-6-2-1-3-7-14/h1-12,23,28H,13H2,(H,24,27,29)/b11-10+. The van der Waals surface area contributed by atoms with Crippen LogP contribution in [0.3, 0.4) is 0 Å². The number of aromatic amines is 2. The number of carbonyl (C=O) groups excluding carboxylic acids is 1. The van der Waals surface area contributed by atoms with Crippen LogP contribution in [0.4, 0.5) is 0 Å². The molecule has 0 spiro atoms. The fraction of sp³-hybridized carbons (Fsp3) is 0.0455. The molecule has 29 heavy (non-hydrogen) atoms. The first kappa shape index (κ1) is 18.2. The minimum absolute atomic E-state index is 0.0225. The Morgan fingerprint density at radius 1 is 1.03 bits per heavy atom. The molecule has 0 radical (unpaired) electrons. The molecule has 2 heterocycles. The van der Waals surface area contributed by atoms with Crippen LogP contribution < -0.4 is 11.2 Å². The number of hydrogen-bond donors (Lipinski definition) is 3. The molecule has 0 unspecified atom stereocenters. The van der Waals surface area contributed by atoms with Gasteiger partial charge in [-0.25, -0.2) is 4.79 Å². The summed E-state index contributed by atoms with van der Waals surface area (Å²) in [5.41, 5.74) is 0.236. The highest BCUT2D eigenvalue weighted by Crippen LogP contribution is 2.20. The molecule has 0 amide bonds. The molecular formula is C22H17N3O4. The van der Waals surface area contributed by atoms with Crippen molar-refractivity contribution < 1.29 is 9.90 Å². The van der Waals surface area contributed by atoms with Crippen LogP contribution in [0.2, 0.25) is 0 Å². The summed E-state index contributed by atoms with van der Waals surface area (Å²) < 4.78 is 0.962. The normalized spacial score (nSPS) is 11.3. The first-order valence-electron chi connectivity index (χ1n) is 8.93. The summed E-state index contributed by atoms with van der Waals surface area (Å²) in [5.74, 6) is -1.35. The number of aromatic hydroxyl groups is 1. The van der Waals surface area contributed by atoms with E-state index in [1.165, 1.54) is 6.08 Å². The zero-order valence-corrected chi connectivity index (χ0v) is 15.3. The van der Waals surface area contributed by atoms with Gasteiger partial charge in [0.1, 0.15) is 5.56 Å². The predicted molar refractivity (Wildman–Crippen MR) is 110 cm³/mol. The van der Waals surface area contributed by atoms with Gasteiger partial charge in [0.15, 0.2) is 5.78 Å². The molecule has 0 aliphatic carbocycles. The van der Waals surface area contributed by atoms with Crippen molar-refractivity contribution in [3.8, 4) is 5.88 Å². The number of allylic oxidation sites excluding steroid dienone is 1. The second-order valence-electron chi connectivity index (χ2n) is 6.52. The van der Waals surface area contributed by atoms with Crippen LogP contribution in [0.25, 0.3) is 17.0 Å². The second kappa shape index (κ2) is 7.47. The molecule has 0 aliphatic rings. The Morgan fingerprint density at radius 2 is 1.76 bits per heavy atom. The Bertz CT molecular complexity index is 1340. The molecule has 4 aromatic rings. The van der Waals surface area contributed by atoms with Crippen LogP contribution in [0.5, 0.6) is 5.88 Å². The fourth-order valence-corrected chi connectivity index (χ4v) is 3.18. The van der Waals surface area contributed by atoms with Crippen molar-refractivity contribution >= 4 is 22.8 Å². The maximum Gasteiger partial charge on any atom is 0.331 e. The molecule has 2 aromatic heterocycles. The molecule has 0 saturated carbocycles. The fourth-order valence-electron chi connectivity index (χ4n) is 3.18. The zero-order valence-electron chi connectivity index (χ0n) is 15.3. The largest absolute Gasteiger partial charge is 0.494 e. The van der Waals surface area contributed by atoms with E-state index in [0.29, 0.717) is 0 Å². The number of H-pyrrole nitrogens is 2. The smallest absolute Gasteiger partial charge is 0.331 e. The number of nitrogens with zero attached hydrogens (tertiary/aromatic N) is 1. The molecule has 0 atom stereocenters. The van der Waals surface area contributed by atoms with E-state index >= 15 is 0 Å². The lowest BCUT2D eigenvalue weighted by molar-refractivity contribution is 0.104. The maximum absolute atomic E-state index is 12.6. The average Bonchev–Trinajstić information content (AvgIpc) is 3.13. The number of para-hydroxylation sites is 1. The molecule has 0 saturated heterocycles. The van der Waals surface area contributed by atoms with Gasteiger partial charge in [-0.15, -0.1) is 0 Å². The monoisotopic (exact) mass is 387 g/mol. The van der Waals surface area contributed by atoms with E-state index in [-0.39, 0.29) is 6.54 Å². The lowest BCUT2D eigenvalue weighted by Crippen LogP contribution is -2.33. The van der Waals surface area contributed by atoms with E-state index in [1.54, 1.807) is 36.5 Å². The summed E-state index contributed by atoms with van der Waals surface area (Å²) >= 11 is 0. The summed E-state index contributed by atoms with van der Waals surface area (Å²) in [6.07, 6.45) is 4.51. The quantitative estimate of drug-likeness (QED) is 0.361. The van der Waals surface area contributed by atoms with E-state index in [2.05, 4.69) is 9.97 Å². The molecule has 7 nitrogen and oxygen atoms in total. The molecule has 0 fully saturated rings. The summed E-state index contributed by atoms with van der Waals surface area (Å²) in [6.45, 7) is 0.0225. The summed E-state index contributed by atoms with van der Waals surface area (Å²) in [6, 6.07) is 16.5. The van der Waals surface area contributed by atoms with Gasteiger partial charge < -0.3 is 10.1 Å². The van der Waals surface area contributed by atoms with Gasteiger partial charge in [0.2, 0.25) is 5.88 Å². The molecule has 2 aromatic carbocycles. The maximum atomic E-state index is 12.6. The number of carbonyl (C=O) groups is 1. The van der Waals surface area contributed by atoms with Crippen LogP contribution in [-0.2, 0) is 6.54 Å². The number of benzene rings is 2. The van der Waals surface area contributed by atoms with Gasteiger partial charge in [-0.3, -0.25) is 19.1 Å². The van der Waals surface area contributed by atoms with Gasteiger partial charge in [-0.2, -0.15) is 0 Å². The summed E-state index contributed by atoms with van der Waals surface area (Å²) in [4.78, 5) is 42.2. The van der Waals surface area contributed by atoms with Crippen molar-refractivity contribution in [2.45, 2.75) is 6.54 Å². The van der Waals surface area contributed by atoms with Crippen LogP contribution in [-0.4, -0.2) is 25.4 Å². The zero-order chi connectivity index (χ0) is 20.4. The lowest BCUT2D eigenvalue weighted by atomic mass is 10.1. The highest BCUT2D eigenvalue weighted by molar-refractivity contribution is 6.08. The highest BCUT2D eigenvalue weighted by atomic mass is 16.3. The molecule has 0 aliphatic heterocycles. The lowest BCUT2D eigenvalue weighted by Gasteiger charge is -2.10. The van der Waals surface area contributed by atoms with Crippen molar-refractivity contribution in [3.63, 3.8) is 0 Å². The van der Waals surface area contributed by atoms with E-state index in [9.17, 15) is 19.5 Å². The molecular weight excluding hydrogens is 370 g/mol. The van der Waals surface area contributed by atoms with Crippen molar-refractivity contribution in [2.24, 2.45) is 0 Å². The number of fused-ring (bicyclic) bond motifs is 1. The highest BCUT2D eigenvalue weighted by Gasteiger charge is 2.19. The van der Waals surface area contributed by atoms with E-state index in [1.807, 2.05) is 30.3 Å². The summed E-state index contributed by atoms with van der Waals surface area (Å²) in [7, 11) is 0. The topological polar surface area (TPSA) is 108 Å². The van der Waals surface area contributed by atoms with Crippen molar-refractivity contribution in [1.29, 1.82) is 0 Å². The SMILES string of the molecule is O=C(/C=C/c1c[nH]c2ccccc12)c1c(O)n(Cc2ccccc2)c(=O)[nH]c1=O. The Labute approximate surface area is 164 Å². The van der Waals surface area contributed by atoms with E-state index < -0.39 is 28.5 Å².